The normalized spacial score (nSPS) is 16.8. The van der Waals surface area contributed by atoms with Crippen LogP contribution in [0.5, 0.6) is 0 Å². The quantitative estimate of drug-likeness (QED) is 0.717. The molecule has 1 atom stereocenters. The standard InChI is InChI=1S/C18H17F3N6O/c1-9-10(2)16-24-25-17(18(19,20)21)27(16)26-15(9)22-8-11-7-14(28)23-13-6-4-3-5-12(11)13/h3-6,11H,7-8H2,1-2H3,(H,22,26)(H,23,28). The van der Waals surface area contributed by atoms with Crippen molar-refractivity contribution in [2.75, 3.05) is 17.2 Å². The lowest BCUT2D eigenvalue weighted by molar-refractivity contribution is -0.146. The topological polar surface area (TPSA) is 84.2 Å². The molecule has 0 saturated heterocycles. The summed E-state index contributed by atoms with van der Waals surface area (Å²) < 4.78 is 40.2. The number of nitrogens with zero attached hydrogens (tertiary/aromatic N) is 4. The lowest BCUT2D eigenvalue weighted by Gasteiger charge is -2.26. The van der Waals surface area contributed by atoms with Crippen LogP contribution < -0.4 is 10.6 Å². The van der Waals surface area contributed by atoms with E-state index in [0.29, 0.717) is 28.0 Å². The Balaban J connectivity index is 1.67. The first-order valence-electron chi connectivity index (χ1n) is 8.68. The number of carbonyl (C=O) groups excluding carboxylic acids is 1. The van der Waals surface area contributed by atoms with Crippen LogP contribution in [0.2, 0.25) is 0 Å². The molecule has 0 spiro atoms. The maximum atomic E-state index is 13.2. The van der Waals surface area contributed by atoms with E-state index >= 15 is 0 Å². The number of hydrogen-bond acceptors (Lipinski definition) is 5. The summed E-state index contributed by atoms with van der Waals surface area (Å²) in [7, 11) is 0. The molecule has 146 valence electrons. The molecule has 0 fully saturated rings. The second-order valence-corrected chi connectivity index (χ2v) is 6.77. The number of alkyl halides is 3. The van der Waals surface area contributed by atoms with Gasteiger partial charge < -0.3 is 10.6 Å². The molecule has 1 amide bonds. The highest BCUT2D eigenvalue weighted by molar-refractivity contribution is 5.94. The van der Waals surface area contributed by atoms with Crippen LogP contribution in [-0.4, -0.2) is 32.3 Å². The van der Waals surface area contributed by atoms with E-state index in [1.807, 2.05) is 24.3 Å². The van der Waals surface area contributed by atoms with Crippen molar-refractivity contribution >= 4 is 23.1 Å². The number of hydrogen-bond donors (Lipinski definition) is 2. The van der Waals surface area contributed by atoms with Gasteiger partial charge in [0.1, 0.15) is 5.82 Å². The number of halogens is 3. The van der Waals surface area contributed by atoms with Crippen LogP contribution in [0.25, 0.3) is 5.65 Å². The van der Waals surface area contributed by atoms with Crippen molar-refractivity contribution in [2.24, 2.45) is 0 Å². The summed E-state index contributed by atoms with van der Waals surface area (Å²) in [6.07, 6.45) is -4.38. The number of aryl methyl sites for hydroxylation is 1. The van der Waals surface area contributed by atoms with Crippen molar-refractivity contribution in [2.45, 2.75) is 32.4 Å². The Morgan fingerprint density at radius 2 is 1.96 bits per heavy atom. The molecule has 7 nitrogen and oxygen atoms in total. The van der Waals surface area contributed by atoms with Crippen LogP contribution in [0.3, 0.4) is 0 Å². The van der Waals surface area contributed by atoms with Gasteiger partial charge in [-0.2, -0.15) is 17.7 Å². The van der Waals surface area contributed by atoms with Gasteiger partial charge in [-0.1, -0.05) is 18.2 Å². The minimum atomic E-state index is -4.66. The number of fused-ring (bicyclic) bond motifs is 2. The Bertz CT molecular complexity index is 1080. The van der Waals surface area contributed by atoms with Gasteiger partial charge in [0, 0.05) is 30.1 Å². The van der Waals surface area contributed by atoms with Crippen molar-refractivity contribution in [3.63, 3.8) is 0 Å². The van der Waals surface area contributed by atoms with Crippen molar-refractivity contribution in [3.05, 3.63) is 46.8 Å². The molecule has 2 N–H and O–H groups in total. The third kappa shape index (κ3) is 3.04. The first-order valence-corrected chi connectivity index (χ1v) is 8.68. The fourth-order valence-corrected chi connectivity index (χ4v) is 3.38. The molecule has 3 heterocycles. The Morgan fingerprint density at radius 3 is 2.71 bits per heavy atom. The summed E-state index contributed by atoms with van der Waals surface area (Å²) in [6, 6.07) is 7.47. The van der Waals surface area contributed by atoms with E-state index in [9.17, 15) is 18.0 Å². The van der Waals surface area contributed by atoms with Crippen LogP contribution in [0, 0.1) is 13.8 Å². The predicted octanol–water partition coefficient (Wildman–Crippen LogP) is 3.30. The highest BCUT2D eigenvalue weighted by Gasteiger charge is 2.38. The van der Waals surface area contributed by atoms with Crippen LogP contribution in [0.4, 0.5) is 24.7 Å². The van der Waals surface area contributed by atoms with Gasteiger partial charge >= 0.3 is 6.18 Å². The van der Waals surface area contributed by atoms with E-state index in [1.165, 1.54) is 0 Å². The molecule has 1 aliphatic rings. The van der Waals surface area contributed by atoms with Gasteiger partial charge in [-0.05, 0) is 31.0 Å². The third-order valence-corrected chi connectivity index (χ3v) is 4.97. The van der Waals surface area contributed by atoms with E-state index in [2.05, 4.69) is 25.9 Å². The predicted molar refractivity (Wildman–Crippen MR) is 96.2 cm³/mol. The van der Waals surface area contributed by atoms with Gasteiger partial charge in [-0.25, -0.2) is 0 Å². The largest absolute Gasteiger partial charge is 0.453 e. The Labute approximate surface area is 158 Å². The number of nitrogens with one attached hydrogen (secondary N) is 2. The van der Waals surface area contributed by atoms with Gasteiger partial charge in [0.2, 0.25) is 5.91 Å². The maximum Gasteiger partial charge on any atom is 0.453 e. The summed E-state index contributed by atoms with van der Waals surface area (Å²) in [5.41, 5.74) is 3.03. The zero-order valence-electron chi connectivity index (χ0n) is 15.1. The number of amides is 1. The van der Waals surface area contributed by atoms with Gasteiger partial charge in [0.15, 0.2) is 5.65 Å². The zero-order valence-corrected chi connectivity index (χ0v) is 15.1. The number of anilines is 2. The average molecular weight is 390 g/mol. The van der Waals surface area contributed by atoms with E-state index in [-0.39, 0.29) is 23.9 Å². The van der Waals surface area contributed by atoms with Crippen LogP contribution in [-0.2, 0) is 11.0 Å². The average Bonchev–Trinajstić information content (AvgIpc) is 3.07. The van der Waals surface area contributed by atoms with Crippen molar-refractivity contribution < 1.29 is 18.0 Å². The van der Waals surface area contributed by atoms with Gasteiger partial charge in [0.05, 0.1) is 0 Å². The minimum absolute atomic E-state index is 0.0674. The summed E-state index contributed by atoms with van der Waals surface area (Å²) in [5, 5.41) is 16.9. The van der Waals surface area contributed by atoms with E-state index in [1.54, 1.807) is 13.8 Å². The van der Waals surface area contributed by atoms with Crippen LogP contribution in [0.15, 0.2) is 24.3 Å². The molecule has 0 aliphatic carbocycles. The first kappa shape index (κ1) is 18.2. The smallest absolute Gasteiger partial charge is 0.368 e. The molecule has 0 bridgehead atoms. The highest BCUT2D eigenvalue weighted by Crippen LogP contribution is 2.33. The number of rotatable bonds is 3. The summed E-state index contributed by atoms with van der Waals surface area (Å²) >= 11 is 0. The van der Waals surface area contributed by atoms with Crippen molar-refractivity contribution in [3.8, 4) is 0 Å². The van der Waals surface area contributed by atoms with Crippen molar-refractivity contribution in [1.82, 2.24) is 19.8 Å². The van der Waals surface area contributed by atoms with Gasteiger partial charge in [-0.3, -0.25) is 4.79 Å². The molecule has 10 heteroatoms. The molecule has 28 heavy (non-hydrogen) atoms. The number of carbonyl (C=O) groups is 1. The van der Waals surface area contributed by atoms with Crippen LogP contribution >= 0.6 is 0 Å². The second kappa shape index (κ2) is 6.47. The fraction of sp³-hybridized carbons (Fsp3) is 0.333. The van der Waals surface area contributed by atoms with E-state index in [0.717, 1.165) is 11.3 Å². The molecule has 4 rings (SSSR count). The summed E-state index contributed by atoms with van der Waals surface area (Å²) in [4.78, 5) is 12.0. The van der Waals surface area contributed by atoms with Gasteiger partial charge in [-0.15, -0.1) is 15.3 Å². The molecule has 0 saturated carbocycles. The van der Waals surface area contributed by atoms with E-state index < -0.39 is 12.0 Å². The van der Waals surface area contributed by atoms with Gasteiger partial charge in [0.25, 0.3) is 5.82 Å². The Kier molecular flexibility index (Phi) is 4.20. The minimum Gasteiger partial charge on any atom is -0.368 e. The monoisotopic (exact) mass is 390 g/mol. The molecule has 1 aliphatic heterocycles. The van der Waals surface area contributed by atoms with E-state index in [4.69, 9.17) is 0 Å². The van der Waals surface area contributed by atoms with Crippen molar-refractivity contribution in [1.29, 1.82) is 0 Å². The zero-order chi connectivity index (χ0) is 20.1. The number of benzene rings is 1. The second-order valence-electron chi connectivity index (χ2n) is 6.77. The number of aromatic nitrogens is 4. The van der Waals surface area contributed by atoms with Crippen LogP contribution in [0.1, 0.15) is 34.9 Å². The molecular formula is C18H17F3N6O. The molecule has 1 aromatic carbocycles. The molecule has 0 radical (unpaired) electrons. The molecular weight excluding hydrogens is 373 g/mol. The molecule has 1 unspecified atom stereocenters. The molecule has 2 aromatic heterocycles. The first-order chi connectivity index (χ1) is 13.3. The number of para-hydroxylation sites is 1. The maximum absolute atomic E-state index is 13.2. The molecule has 3 aromatic rings. The lowest BCUT2D eigenvalue weighted by atomic mass is 9.90. The fourth-order valence-electron chi connectivity index (χ4n) is 3.38. The lowest BCUT2D eigenvalue weighted by Crippen LogP contribution is -2.27. The Hall–Kier alpha value is -3.17. The third-order valence-electron chi connectivity index (χ3n) is 4.97. The highest BCUT2D eigenvalue weighted by atomic mass is 19.4. The summed E-state index contributed by atoms with van der Waals surface area (Å²) in [6.45, 7) is 3.79. The SMILES string of the molecule is Cc1c(NCC2CC(=O)Nc3ccccc32)nn2c(C(F)(F)F)nnc2c1C. The summed E-state index contributed by atoms with van der Waals surface area (Å²) in [5.74, 6) is -1.08. The Morgan fingerprint density at radius 1 is 1.21 bits per heavy atom.